The number of nitrogens with one attached hydrogen (secondary N) is 2. The number of nitrogens with zero attached hydrogens (tertiary/aromatic N) is 4. The Balaban J connectivity index is 1.87. The van der Waals surface area contributed by atoms with Crippen LogP contribution in [0, 0.1) is 13.8 Å². The first kappa shape index (κ1) is 20.1. The molecule has 0 fully saturated rings. The van der Waals surface area contributed by atoms with Crippen LogP contribution in [0.1, 0.15) is 17.8 Å². The molecular formula is C14H19F3N6O2S. The maximum absolute atomic E-state index is 12.1. The van der Waals surface area contributed by atoms with Crippen LogP contribution in [-0.4, -0.2) is 53.2 Å². The number of anilines is 1. The van der Waals surface area contributed by atoms with Gasteiger partial charge in [0.25, 0.3) is 0 Å². The number of sulfonamides is 1. The van der Waals surface area contributed by atoms with Crippen molar-refractivity contribution in [1.82, 2.24) is 24.5 Å². The lowest BCUT2D eigenvalue weighted by Gasteiger charge is -2.10. The van der Waals surface area contributed by atoms with Crippen LogP contribution < -0.4 is 10.0 Å². The Kier molecular flexibility index (Phi) is 6.18. The predicted octanol–water partition coefficient (Wildman–Crippen LogP) is 1.56. The monoisotopic (exact) mass is 392 g/mol. The van der Waals surface area contributed by atoms with Gasteiger partial charge in [0.2, 0.25) is 10.0 Å². The molecule has 144 valence electrons. The van der Waals surface area contributed by atoms with Crippen molar-refractivity contribution in [2.75, 3.05) is 24.2 Å². The number of rotatable bonds is 8. The summed E-state index contributed by atoms with van der Waals surface area (Å²) in [7, 11) is -3.98. The van der Waals surface area contributed by atoms with Gasteiger partial charge < -0.3 is 5.32 Å². The van der Waals surface area contributed by atoms with E-state index in [9.17, 15) is 21.6 Å². The lowest BCUT2D eigenvalue weighted by Crippen LogP contribution is -2.32. The van der Waals surface area contributed by atoms with Crippen LogP contribution in [0.25, 0.3) is 5.82 Å². The largest absolute Gasteiger partial charge is 0.390 e. The lowest BCUT2D eigenvalue weighted by atomic mass is 10.4. The first-order valence-corrected chi connectivity index (χ1v) is 9.35. The molecule has 0 aliphatic carbocycles. The highest BCUT2D eigenvalue weighted by atomic mass is 32.2. The third-order valence-corrected chi connectivity index (χ3v) is 4.67. The van der Waals surface area contributed by atoms with E-state index in [0.29, 0.717) is 11.6 Å². The molecule has 0 unspecified atom stereocenters. The molecule has 2 aromatic heterocycles. The van der Waals surface area contributed by atoms with Crippen molar-refractivity contribution < 1.29 is 21.6 Å². The van der Waals surface area contributed by atoms with Crippen molar-refractivity contribution in [2.45, 2.75) is 26.4 Å². The molecule has 0 saturated carbocycles. The van der Waals surface area contributed by atoms with Crippen molar-refractivity contribution in [1.29, 1.82) is 0 Å². The quantitative estimate of drug-likeness (QED) is 0.661. The molecule has 0 spiro atoms. The summed E-state index contributed by atoms with van der Waals surface area (Å²) >= 11 is 0. The van der Waals surface area contributed by atoms with Gasteiger partial charge in [-0.25, -0.2) is 27.8 Å². The van der Waals surface area contributed by atoms with E-state index in [1.807, 2.05) is 19.9 Å². The molecule has 12 heteroatoms. The molecule has 2 heterocycles. The topological polar surface area (TPSA) is 102 Å². The average Bonchev–Trinajstić information content (AvgIpc) is 2.88. The Morgan fingerprint density at radius 3 is 2.50 bits per heavy atom. The Bertz CT molecular complexity index is 851. The third kappa shape index (κ3) is 6.26. The molecule has 0 bridgehead atoms. The van der Waals surface area contributed by atoms with Crippen molar-refractivity contribution in [3.05, 3.63) is 29.8 Å². The van der Waals surface area contributed by atoms with Gasteiger partial charge in [0, 0.05) is 24.8 Å². The second-order valence-corrected chi connectivity index (χ2v) is 7.53. The molecule has 0 aliphatic rings. The summed E-state index contributed by atoms with van der Waals surface area (Å²) in [6.45, 7) is 3.82. The molecule has 2 rings (SSSR count). The van der Waals surface area contributed by atoms with E-state index in [1.54, 1.807) is 10.7 Å². The van der Waals surface area contributed by atoms with E-state index >= 15 is 0 Å². The minimum absolute atomic E-state index is 0.0700. The van der Waals surface area contributed by atoms with Crippen LogP contribution in [0.5, 0.6) is 0 Å². The van der Waals surface area contributed by atoms with Crippen molar-refractivity contribution in [2.24, 2.45) is 0 Å². The fourth-order valence-corrected chi connectivity index (χ4v) is 3.20. The van der Waals surface area contributed by atoms with Gasteiger partial charge in [-0.15, -0.1) is 0 Å². The van der Waals surface area contributed by atoms with Crippen LogP contribution in [0.3, 0.4) is 0 Å². The van der Waals surface area contributed by atoms with E-state index in [4.69, 9.17) is 0 Å². The summed E-state index contributed by atoms with van der Waals surface area (Å²) in [5.41, 5.74) is 1.73. The highest BCUT2D eigenvalue weighted by Crippen LogP contribution is 2.19. The first-order chi connectivity index (χ1) is 12.1. The van der Waals surface area contributed by atoms with Crippen LogP contribution in [0.15, 0.2) is 18.5 Å². The van der Waals surface area contributed by atoms with E-state index in [-0.39, 0.29) is 13.1 Å². The number of hydrogen-bond donors (Lipinski definition) is 2. The fourth-order valence-electron chi connectivity index (χ4n) is 2.14. The molecule has 0 atom stereocenters. The fraction of sp³-hybridized carbons (Fsp3) is 0.500. The van der Waals surface area contributed by atoms with Gasteiger partial charge in [0.1, 0.15) is 12.1 Å². The molecule has 0 saturated heterocycles. The van der Waals surface area contributed by atoms with Gasteiger partial charge in [-0.3, -0.25) is 0 Å². The SMILES string of the molecule is Cc1cc(C)n(-c2cc(NCCNS(=O)(=O)CCC(F)(F)F)ncn2)n1. The molecule has 8 nitrogen and oxygen atoms in total. The highest BCUT2D eigenvalue weighted by Gasteiger charge is 2.29. The zero-order valence-corrected chi connectivity index (χ0v) is 15.0. The zero-order valence-electron chi connectivity index (χ0n) is 14.2. The number of hydrogen-bond acceptors (Lipinski definition) is 6. The van der Waals surface area contributed by atoms with Crippen molar-refractivity contribution >= 4 is 15.8 Å². The van der Waals surface area contributed by atoms with Crippen LogP contribution in [0.2, 0.25) is 0 Å². The molecule has 2 aromatic rings. The van der Waals surface area contributed by atoms with Gasteiger partial charge in [-0.05, 0) is 19.9 Å². The predicted molar refractivity (Wildman–Crippen MR) is 89.6 cm³/mol. The van der Waals surface area contributed by atoms with Gasteiger partial charge >= 0.3 is 6.18 Å². The van der Waals surface area contributed by atoms with Crippen molar-refractivity contribution in [3.63, 3.8) is 0 Å². The van der Waals surface area contributed by atoms with E-state index in [2.05, 4.69) is 25.1 Å². The van der Waals surface area contributed by atoms with Crippen molar-refractivity contribution in [3.8, 4) is 5.82 Å². The van der Waals surface area contributed by atoms with Crippen LogP contribution in [0.4, 0.5) is 19.0 Å². The zero-order chi connectivity index (χ0) is 19.4. The molecule has 26 heavy (non-hydrogen) atoms. The molecular weight excluding hydrogens is 373 g/mol. The maximum Gasteiger partial charge on any atom is 0.390 e. The van der Waals surface area contributed by atoms with E-state index in [1.165, 1.54) is 6.33 Å². The Morgan fingerprint density at radius 2 is 1.88 bits per heavy atom. The molecule has 0 aliphatic heterocycles. The van der Waals surface area contributed by atoms with Gasteiger partial charge in [0.15, 0.2) is 5.82 Å². The smallest absolute Gasteiger partial charge is 0.369 e. The standard InChI is InChI=1S/C14H19F3N6O2S/c1-10-7-11(2)23(22-10)13-8-12(19-9-20-13)18-4-5-21-26(24,25)6-3-14(15,16)17/h7-9,21H,3-6H2,1-2H3,(H,18,19,20). The summed E-state index contributed by atoms with van der Waals surface area (Å²) in [6.07, 6.45) is -4.55. The third-order valence-electron chi connectivity index (χ3n) is 3.29. The summed E-state index contributed by atoms with van der Waals surface area (Å²) in [5, 5.41) is 7.19. The second kappa shape index (κ2) is 7.99. The lowest BCUT2D eigenvalue weighted by molar-refractivity contribution is -0.129. The summed E-state index contributed by atoms with van der Waals surface area (Å²) in [6, 6.07) is 3.53. The summed E-state index contributed by atoms with van der Waals surface area (Å²) in [4.78, 5) is 8.14. The minimum Gasteiger partial charge on any atom is -0.369 e. The highest BCUT2D eigenvalue weighted by molar-refractivity contribution is 7.89. The molecule has 0 aromatic carbocycles. The number of aryl methyl sites for hydroxylation is 2. The Hall–Kier alpha value is -2.21. The Labute approximate surface area is 148 Å². The summed E-state index contributed by atoms with van der Waals surface area (Å²) in [5.74, 6) is -0.0117. The van der Waals surface area contributed by atoms with Gasteiger partial charge in [-0.2, -0.15) is 18.3 Å². The number of aromatic nitrogens is 4. The maximum atomic E-state index is 12.1. The molecule has 0 radical (unpaired) electrons. The number of halogens is 3. The van der Waals surface area contributed by atoms with E-state index in [0.717, 1.165) is 11.4 Å². The van der Waals surface area contributed by atoms with Crippen LogP contribution >= 0.6 is 0 Å². The second-order valence-electron chi connectivity index (χ2n) is 5.61. The first-order valence-electron chi connectivity index (χ1n) is 7.69. The van der Waals surface area contributed by atoms with Gasteiger partial charge in [0.05, 0.1) is 17.9 Å². The Morgan fingerprint density at radius 1 is 1.15 bits per heavy atom. The normalized spacial score (nSPS) is 12.3. The average molecular weight is 392 g/mol. The van der Waals surface area contributed by atoms with E-state index < -0.39 is 28.4 Å². The molecule has 0 amide bonds. The molecule has 2 N–H and O–H groups in total. The van der Waals surface area contributed by atoms with Gasteiger partial charge in [-0.1, -0.05) is 0 Å². The minimum atomic E-state index is -4.51. The number of alkyl halides is 3. The van der Waals surface area contributed by atoms with Crippen LogP contribution in [-0.2, 0) is 10.0 Å². The summed E-state index contributed by atoms with van der Waals surface area (Å²) < 4.78 is 63.0.